The summed E-state index contributed by atoms with van der Waals surface area (Å²) in [5.41, 5.74) is 3.44. The molecular weight excluding hydrogens is 286 g/mol. The summed E-state index contributed by atoms with van der Waals surface area (Å²) in [7, 11) is 0. The average Bonchev–Trinajstić information content (AvgIpc) is 2.90. The van der Waals surface area contributed by atoms with Crippen LogP contribution in [0.15, 0.2) is 23.7 Å². The summed E-state index contributed by atoms with van der Waals surface area (Å²) in [6, 6.07) is 4.70. The van der Waals surface area contributed by atoms with Crippen molar-refractivity contribution in [3.63, 3.8) is 0 Å². The molecule has 1 aliphatic heterocycles. The molecule has 0 saturated carbocycles. The first-order chi connectivity index (χ1) is 9.99. The molecule has 0 radical (unpaired) electrons. The lowest BCUT2D eigenvalue weighted by molar-refractivity contribution is -0.134. The molecule has 2 amide bonds. The number of rotatable bonds is 2. The van der Waals surface area contributed by atoms with Crippen LogP contribution < -0.4 is 10.2 Å². The van der Waals surface area contributed by atoms with Gasteiger partial charge in [-0.05, 0) is 31.0 Å². The number of carbonyl (C=O) groups excluding carboxylic acids is 2. The fourth-order valence-electron chi connectivity index (χ4n) is 2.59. The van der Waals surface area contributed by atoms with Gasteiger partial charge in [0.15, 0.2) is 0 Å². The summed E-state index contributed by atoms with van der Waals surface area (Å²) in [6.45, 7) is 5.62. The van der Waals surface area contributed by atoms with Gasteiger partial charge in [0.2, 0.25) is 5.91 Å². The van der Waals surface area contributed by atoms with Gasteiger partial charge < -0.3 is 5.32 Å². The summed E-state index contributed by atoms with van der Waals surface area (Å²) in [4.78, 5) is 30.7. The van der Waals surface area contributed by atoms with E-state index < -0.39 is 12.1 Å². The maximum absolute atomic E-state index is 12.7. The number of aromatic nitrogens is 1. The molecule has 1 saturated heterocycles. The van der Waals surface area contributed by atoms with E-state index in [2.05, 4.69) is 10.3 Å². The van der Waals surface area contributed by atoms with Crippen LogP contribution >= 0.6 is 11.3 Å². The zero-order valence-electron chi connectivity index (χ0n) is 12.2. The zero-order valence-corrected chi connectivity index (χ0v) is 13.0. The van der Waals surface area contributed by atoms with Gasteiger partial charge in [-0.1, -0.05) is 13.8 Å². The van der Waals surface area contributed by atoms with Crippen molar-refractivity contribution in [2.75, 3.05) is 4.90 Å². The standard InChI is InChI=1S/C15H17N3O2S/c1-8(2)13-15(20)18(9(3)14(19)17-13)10-4-5-11-12(6-10)21-7-16-11/h4-9,13H,1-3H3,(H,17,19). The fraction of sp³-hybridized carbons (Fsp3) is 0.400. The van der Waals surface area contributed by atoms with Crippen molar-refractivity contribution in [2.24, 2.45) is 5.92 Å². The van der Waals surface area contributed by atoms with Crippen molar-refractivity contribution in [1.82, 2.24) is 10.3 Å². The third-order valence-electron chi connectivity index (χ3n) is 3.83. The van der Waals surface area contributed by atoms with Gasteiger partial charge in [-0.2, -0.15) is 0 Å². The van der Waals surface area contributed by atoms with Crippen LogP contribution in [0.5, 0.6) is 0 Å². The van der Waals surface area contributed by atoms with Gasteiger partial charge in [-0.3, -0.25) is 14.5 Å². The molecule has 1 fully saturated rings. The maximum atomic E-state index is 12.7. The fourth-order valence-corrected chi connectivity index (χ4v) is 3.30. The number of nitrogens with one attached hydrogen (secondary N) is 1. The number of hydrogen-bond acceptors (Lipinski definition) is 4. The van der Waals surface area contributed by atoms with E-state index in [1.807, 2.05) is 32.0 Å². The Morgan fingerprint density at radius 3 is 2.81 bits per heavy atom. The molecule has 2 aromatic rings. The van der Waals surface area contributed by atoms with Crippen LogP contribution in [0.4, 0.5) is 5.69 Å². The summed E-state index contributed by atoms with van der Waals surface area (Å²) in [6.07, 6.45) is 0. The van der Waals surface area contributed by atoms with Crippen molar-refractivity contribution in [3.05, 3.63) is 23.7 Å². The maximum Gasteiger partial charge on any atom is 0.250 e. The minimum Gasteiger partial charge on any atom is -0.342 e. The Labute approximate surface area is 127 Å². The quantitative estimate of drug-likeness (QED) is 0.925. The number of amides is 2. The van der Waals surface area contributed by atoms with Crippen LogP contribution in [0.2, 0.25) is 0 Å². The molecule has 0 bridgehead atoms. The predicted octanol–water partition coefficient (Wildman–Crippen LogP) is 2.17. The molecule has 21 heavy (non-hydrogen) atoms. The molecule has 2 atom stereocenters. The minimum absolute atomic E-state index is 0.0547. The van der Waals surface area contributed by atoms with Crippen LogP contribution in [-0.4, -0.2) is 28.9 Å². The molecule has 110 valence electrons. The molecule has 5 nitrogen and oxygen atoms in total. The monoisotopic (exact) mass is 303 g/mol. The second-order valence-electron chi connectivity index (χ2n) is 5.62. The Hall–Kier alpha value is -1.95. The van der Waals surface area contributed by atoms with E-state index >= 15 is 0 Å². The third-order valence-corrected chi connectivity index (χ3v) is 4.62. The largest absolute Gasteiger partial charge is 0.342 e. The number of piperazine rings is 1. The molecule has 1 N–H and O–H groups in total. The van der Waals surface area contributed by atoms with Crippen LogP contribution in [0.3, 0.4) is 0 Å². The normalized spacial score (nSPS) is 23.0. The van der Waals surface area contributed by atoms with Crippen molar-refractivity contribution >= 4 is 39.1 Å². The molecule has 0 spiro atoms. The van der Waals surface area contributed by atoms with E-state index in [1.54, 1.807) is 17.3 Å². The SMILES string of the molecule is CC(C)C1NC(=O)C(C)N(c2ccc3ncsc3c2)C1=O. The molecule has 2 unspecified atom stereocenters. The van der Waals surface area contributed by atoms with Crippen LogP contribution in [0.25, 0.3) is 10.2 Å². The number of fused-ring (bicyclic) bond motifs is 1. The summed E-state index contributed by atoms with van der Waals surface area (Å²) in [5.74, 6) is -0.109. The van der Waals surface area contributed by atoms with Gasteiger partial charge in [0.25, 0.3) is 5.91 Å². The molecule has 1 aromatic carbocycles. The highest BCUT2D eigenvalue weighted by molar-refractivity contribution is 7.16. The van der Waals surface area contributed by atoms with Gasteiger partial charge >= 0.3 is 0 Å². The van der Waals surface area contributed by atoms with Gasteiger partial charge in [0, 0.05) is 5.69 Å². The second kappa shape index (κ2) is 5.11. The predicted molar refractivity (Wildman–Crippen MR) is 83.3 cm³/mol. The highest BCUT2D eigenvalue weighted by Gasteiger charge is 2.40. The molecule has 1 aliphatic rings. The molecule has 2 heterocycles. The summed E-state index contributed by atoms with van der Waals surface area (Å²) >= 11 is 1.53. The van der Waals surface area contributed by atoms with Crippen molar-refractivity contribution < 1.29 is 9.59 Å². The number of anilines is 1. The minimum atomic E-state index is -0.502. The van der Waals surface area contributed by atoms with Crippen LogP contribution in [0, 0.1) is 5.92 Å². The Bertz CT molecular complexity index is 710. The Morgan fingerprint density at radius 2 is 2.10 bits per heavy atom. The number of carbonyl (C=O) groups is 2. The summed E-state index contributed by atoms with van der Waals surface area (Å²) in [5, 5.41) is 2.81. The second-order valence-corrected chi connectivity index (χ2v) is 6.51. The Balaban J connectivity index is 2.04. The molecule has 6 heteroatoms. The van der Waals surface area contributed by atoms with E-state index in [4.69, 9.17) is 0 Å². The van der Waals surface area contributed by atoms with Gasteiger partial charge in [0.1, 0.15) is 12.1 Å². The molecular formula is C15H17N3O2S. The number of nitrogens with zero attached hydrogens (tertiary/aromatic N) is 2. The van der Waals surface area contributed by atoms with Crippen molar-refractivity contribution in [1.29, 1.82) is 0 Å². The lowest BCUT2D eigenvalue weighted by Crippen LogP contribution is -2.64. The number of benzene rings is 1. The Morgan fingerprint density at radius 1 is 1.33 bits per heavy atom. The molecule has 0 aliphatic carbocycles. The van der Waals surface area contributed by atoms with E-state index in [1.165, 1.54) is 11.3 Å². The van der Waals surface area contributed by atoms with Gasteiger partial charge in [-0.25, -0.2) is 4.98 Å². The number of thiazole rings is 1. The lowest BCUT2D eigenvalue weighted by Gasteiger charge is -2.38. The Kier molecular flexibility index (Phi) is 3.41. The van der Waals surface area contributed by atoms with Crippen LogP contribution in [-0.2, 0) is 9.59 Å². The van der Waals surface area contributed by atoms with Gasteiger partial charge in [0.05, 0.1) is 15.7 Å². The van der Waals surface area contributed by atoms with Crippen LogP contribution in [0.1, 0.15) is 20.8 Å². The van der Waals surface area contributed by atoms with Crippen molar-refractivity contribution in [3.8, 4) is 0 Å². The first kappa shape index (κ1) is 14.0. The first-order valence-corrected chi connectivity index (χ1v) is 7.83. The highest BCUT2D eigenvalue weighted by Crippen LogP contribution is 2.28. The van der Waals surface area contributed by atoms with E-state index in [0.717, 1.165) is 15.9 Å². The van der Waals surface area contributed by atoms with E-state index in [9.17, 15) is 9.59 Å². The van der Waals surface area contributed by atoms with E-state index in [0.29, 0.717) is 0 Å². The summed E-state index contributed by atoms with van der Waals surface area (Å²) < 4.78 is 1.01. The topological polar surface area (TPSA) is 62.3 Å². The molecule has 3 rings (SSSR count). The zero-order chi connectivity index (χ0) is 15.1. The van der Waals surface area contributed by atoms with Gasteiger partial charge in [-0.15, -0.1) is 11.3 Å². The van der Waals surface area contributed by atoms with E-state index in [-0.39, 0.29) is 17.7 Å². The average molecular weight is 303 g/mol. The highest BCUT2D eigenvalue weighted by atomic mass is 32.1. The lowest BCUT2D eigenvalue weighted by atomic mass is 9.98. The number of hydrogen-bond donors (Lipinski definition) is 1. The molecule has 1 aromatic heterocycles. The third kappa shape index (κ3) is 2.29. The first-order valence-electron chi connectivity index (χ1n) is 6.95. The van der Waals surface area contributed by atoms with Crippen molar-refractivity contribution in [2.45, 2.75) is 32.9 Å². The smallest absolute Gasteiger partial charge is 0.250 e.